The van der Waals surface area contributed by atoms with Crippen LogP contribution < -0.4 is 16.0 Å². The van der Waals surface area contributed by atoms with E-state index in [0.717, 1.165) is 45.4 Å². The molecule has 5 rings (SSSR count). The second-order valence-corrected chi connectivity index (χ2v) is 11.7. The van der Waals surface area contributed by atoms with Gasteiger partial charge in [-0.2, -0.15) is 0 Å². The van der Waals surface area contributed by atoms with Crippen molar-refractivity contribution in [2.75, 3.05) is 26.2 Å². The number of nitrogens with one attached hydrogen (secondary N) is 3. The number of ether oxygens (including phenoxy) is 1. The van der Waals surface area contributed by atoms with Crippen molar-refractivity contribution in [3.63, 3.8) is 0 Å². The summed E-state index contributed by atoms with van der Waals surface area (Å²) in [5.41, 5.74) is 0. The SMILES string of the molecule is CC1C(NC2CC(Cl)C3CCNC3C2)NCCC1N1CC(OC2CCCCC2Cl)C1. The summed E-state index contributed by atoms with van der Waals surface area (Å²) in [6.45, 7) is 6.78. The number of alkyl halides is 2. The molecule has 9 unspecified atom stereocenters. The highest BCUT2D eigenvalue weighted by Gasteiger charge is 2.44. The van der Waals surface area contributed by atoms with E-state index in [0.29, 0.717) is 47.6 Å². The van der Waals surface area contributed by atoms with Crippen LogP contribution in [-0.4, -0.2) is 78.3 Å². The van der Waals surface area contributed by atoms with Crippen molar-refractivity contribution in [1.82, 2.24) is 20.9 Å². The molecular formula is C23H40Cl2N4O. The molecule has 2 aliphatic carbocycles. The number of nitrogens with zero attached hydrogens (tertiary/aromatic N) is 1. The minimum absolute atomic E-state index is 0.217. The van der Waals surface area contributed by atoms with E-state index < -0.39 is 0 Å². The minimum Gasteiger partial charge on any atom is -0.371 e. The van der Waals surface area contributed by atoms with Crippen LogP contribution >= 0.6 is 23.2 Å². The van der Waals surface area contributed by atoms with Gasteiger partial charge < -0.3 is 15.4 Å². The van der Waals surface area contributed by atoms with Crippen LogP contribution in [0.25, 0.3) is 0 Å². The Morgan fingerprint density at radius 2 is 1.73 bits per heavy atom. The Balaban J connectivity index is 1.10. The highest BCUT2D eigenvalue weighted by Crippen LogP contribution is 2.36. The van der Waals surface area contributed by atoms with Gasteiger partial charge in [0.15, 0.2) is 0 Å². The first-order chi connectivity index (χ1) is 14.6. The van der Waals surface area contributed by atoms with Gasteiger partial charge in [0, 0.05) is 42.5 Å². The van der Waals surface area contributed by atoms with E-state index in [9.17, 15) is 0 Å². The summed E-state index contributed by atoms with van der Waals surface area (Å²) >= 11 is 13.3. The van der Waals surface area contributed by atoms with E-state index in [1.807, 2.05) is 0 Å². The second kappa shape index (κ2) is 9.70. The highest BCUT2D eigenvalue weighted by atomic mass is 35.5. The van der Waals surface area contributed by atoms with Crippen molar-refractivity contribution in [2.24, 2.45) is 11.8 Å². The first-order valence-corrected chi connectivity index (χ1v) is 13.4. The first-order valence-electron chi connectivity index (χ1n) is 12.5. The third-order valence-corrected chi connectivity index (χ3v) is 9.60. The Bertz CT molecular complexity index is 577. The lowest BCUT2D eigenvalue weighted by Gasteiger charge is -2.51. The van der Waals surface area contributed by atoms with Gasteiger partial charge in [-0.15, -0.1) is 23.2 Å². The van der Waals surface area contributed by atoms with Crippen molar-refractivity contribution in [1.29, 1.82) is 0 Å². The molecule has 0 amide bonds. The minimum atomic E-state index is 0.217. The summed E-state index contributed by atoms with van der Waals surface area (Å²) in [6.07, 6.45) is 10.6. The fraction of sp³-hybridized carbons (Fsp3) is 1.00. The molecule has 0 aromatic rings. The molecule has 0 radical (unpaired) electrons. The molecule has 2 saturated carbocycles. The fourth-order valence-corrected chi connectivity index (χ4v) is 7.64. The van der Waals surface area contributed by atoms with Gasteiger partial charge in [-0.25, -0.2) is 0 Å². The van der Waals surface area contributed by atoms with Crippen molar-refractivity contribution in [3.8, 4) is 0 Å². The number of fused-ring (bicyclic) bond motifs is 1. The van der Waals surface area contributed by atoms with Gasteiger partial charge in [-0.05, 0) is 57.5 Å². The fourth-order valence-electron chi connectivity index (χ4n) is 6.78. The number of rotatable bonds is 5. The average molecular weight is 460 g/mol. The van der Waals surface area contributed by atoms with Crippen LogP contribution in [0.1, 0.15) is 58.3 Å². The van der Waals surface area contributed by atoms with E-state index in [1.54, 1.807) is 0 Å². The lowest BCUT2D eigenvalue weighted by Crippen LogP contribution is -2.66. The Kier molecular flexibility index (Phi) is 7.18. The predicted octanol–water partition coefficient (Wildman–Crippen LogP) is 2.90. The van der Waals surface area contributed by atoms with Crippen molar-refractivity contribution >= 4 is 23.2 Å². The predicted molar refractivity (Wildman–Crippen MR) is 123 cm³/mol. The molecule has 3 aliphatic heterocycles. The molecule has 3 heterocycles. The molecule has 172 valence electrons. The highest BCUT2D eigenvalue weighted by molar-refractivity contribution is 6.21. The molecule has 0 aromatic carbocycles. The van der Waals surface area contributed by atoms with Gasteiger partial charge in [0.05, 0.1) is 23.8 Å². The molecule has 5 fully saturated rings. The summed E-state index contributed by atoms with van der Waals surface area (Å²) in [4.78, 5) is 2.65. The first kappa shape index (κ1) is 22.2. The Morgan fingerprint density at radius 3 is 2.57 bits per heavy atom. The summed E-state index contributed by atoms with van der Waals surface area (Å²) in [5, 5.41) is 11.9. The number of hydrogen-bond donors (Lipinski definition) is 3. The molecule has 9 atom stereocenters. The van der Waals surface area contributed by atoms with E-state index >= 15 is 0 Å². The smallest absolute Gasteiger partial charge is 0.0833 e. The molecule has 0 aromatic heterocycles. The van der Waals surface area contributed by atoms with Crippen LogP contribution in [0.15, 0.2) is 0 Å². The Morgan fingerprint density at radius 1 is 0.933 bits per heavy atom. The maximum Gasteiger partial charge on any atom is 0.0833 e. The zero-order chi connectivity index (χ0) is 20.7. The summed E-state index contributed by atoms with van der Waals surface area (Å²) < 4.78 is 6.37. The van der Waals surface area contributed by atoms with E-state index in [1.165, 1.54) is 32.1 Å². The lowest BCUT2D eigenvalue weighted by atomic mass is 9.81. The second-order valence-electron chi connectivity index (χ2n) is 10.6. The van der Waals surface area contributed by atoms with Crippen LogP contribution in [0.4, 0.5) is 0 Å². The van der Waals surface area contributed by atoms with Gasteiger partial charge in [0.2, 0.25) is 0 Å². The zero-order valence-corrected chi connectivity index (χ0v) is 19.9. The molecule has 30 heavy (non-hydrogen) atoms. The van der Waals surface area contributed by atoms with E-state index in [-0.39, 0.29) is 11.5 Å². The standard InChI is InChI=1S/C23H40Cl2N4O/c1-14-21(29-12-16(13-29)30-22-5-3-2-4-18(22)24)7-9-27-23(14)28-15-10-19(25)17-6-8-26-20(17)11-15/h14-23,26-28H,2-13H2,1H3. The average Bonchev–Trinajstić information content (AvgIpc) is 3.17. The third-order valence-electron chi connectivity index (χ3n) is 8.60. The molecule has 0 spiro atoms. The van der Waals surface area contributed by atoms with Crippen molar-refractivity contribution < 1.29 is 4.74 Å². The normalized spacial score (nSPS) is 48.3. The van der Waals surface area contributed by atoms with Crippen LogP contribution in [0.3, 0.4) is 0 Å². The molecule has 5 nitrogen and oxygen atoms in total. The van der Waals surface area contributed by atoms with Gasteiger partial charge in [0.25, 0.3) is 0 Å². The van der Waals surface area contributed by atoms with Gasteiger partial charge in [-0.3, -0.25) is 10.2 Å². The molecule has 5 aliphatic rings. The van der Waals surface area contributed by atoms with Crippen LogP contribution in [-0.2, 0) is 4.74 Å². The maximum atomic E-state index is 6.75. The zero-order valence-electron chi connectivity index (χ0n) is 18.4. The van der Waals surface area contributed by atoms with Gasteiger partial charge in [0.1, 0.15) is 0 Å². The third kappa shape index (κ3) is 4.69. The summed E-state index contributed by atoms with van der Waals surface area (Å²) in [5.74, 6) is 1.25. The molecule has 0 bridgehead atoms. The largest absolute Gasteiger partial charge is 0.371 e. The van der Waals surface area contributed by atoms with Crippen molar-refractivity contribution in [3.05, 3.63) is 0 Å². The van der Waals surface area contributed by atoms with Crippen LogP contribution in [0.5, 0.6) is 0 Å². The molecule has 3 N–H and O–H groups in total. The topological polar surface area (TPSA) is 48.6 Å². The Hall–Kier alpha value is 0.380. The molecular weight excluding hydrogens is 419 g/mol. The maximum absolute atomic E-state index is 6.75. The van der Waals surface area contributed by atoms with Gasteiger partial charge in [-0.1, -0.05) is 19.8 Å². The Labute approximate surface area is 192 Å². The van der Waals surface area contributed by atoms with Crippen molar-refractivity contribution in [2.45, 2.75) is 106 Å². The number of hydrogen-bond acceptors (Lipinski definition) is 5. The number of likely N-dealkylation sites (tertiary alicyclic amines) is 1. The monoisotopic (exact) mass is 458 g/mol. The number of halogens is 2. The van der Waals surface area contributed by atoms with E-state index in [2.05, 4.69) is 27.8 Å². The summed E-state index contributed by atoms with van der Waals surface area (Å²) in [7, 11) is 0. The quantitative estimate of drug-likeness (QED) is 0.552. The molecule has 3 saturated heterocycles. The number of piperidine rings is 1. The van der Waals surface area contributed by atoms with Crippen LogP contribution in [0, 0.1) is 11.8 Å². The van der Waals surface area contributed by atoms with Crippen LogP contribution in [0.2, 0.25) is 0 Å². The molecule has 7 heteroatoms. The summed E-state index contributed by atoms with van der Waals surface area (Å²) in [6, 6.07) is 1.75. The van der Waals surface area contributed by atoms with E-state index in [4.69, 9.17) is 27.9 Å². The van der Waals surface area contributed by atoms with Gasteiger partial charge >= 0.3 is 0 Å². The lowest BCUT2D eigenvalue weighted by molar-refractivity contribution is -0.123.